The number of anilines is 1. The van der Waals surface area contributed by atoms with E-state index in [1.165, 1.54) is 24.5 Å². The normalized spacial score (nSPS) is 19.9. The highest BCUT2D eigenvalue weighted by Gasteiger charge is 2.45. The fraction of sp³-hybridized carbons (Fsp3) is 0.273. The van der Waals surface area contributed by atoms with Crippen LogP contribution in [0.15, 0.2) is 43.0 Å². The van der Waals surface area contributed by atoms with Crippen molar-refractivity contribution in [3.8, 4) is 11.5 Å². The van der Waals surface area contributed by atoms with Crippen LogP contribution in [0.4, 0.5) is 23.4 Å². The van der Waals surface area contributed by atoms with Crippen molar-refractivity contribution in [1.82, 2.24) is 24.3 Å². The number of alkyl halides is 3. The molecule has 0 spiro atoms. The van der Waals surface area contributed by atoms with E-state index in [1.54, 1.807) is 29.8 Å². The second-order valence-electron chi connectivity index (χ2n) is 8.18. The van der Waals surface area contributed by atoms with Gasteiger partial charge in [-0.3, -0.25) is 0 Å². The van der Waals surface area contributed by atoms with Gasteiger partial charge in [-0.15, -0.1) is 0 Å². The molecule has 0 amide bonds. The Labute approximate surface area is 195 Å². The highest BCUT2D eigenvalue weighted by molar-refractivity contribution is 6.30. The van der Waals surface area contributed by atoms with Gasteiger partial charge < -0.3 is 14.8 Å². The molecule has 2 atom stereocenters. The fourth-order valence-corrected chi connectivity index (χ4v) is 4.20. The van der Waals surface area contributed by atoms with Gasteiger partial charge in [0.1, 0.15) is 23.6 Å². The molecular weight excluding hydrogens is 476 g/mol. The molecule has 7 nitrogen and oxygen atoms in total. The molecule has 2 N–H and O–H groups in total. The van der Waals surface area contributed by atoms with Crippen molar-refractivity contribution in [3.63, 3.8) is 0 Å². The summed E-state index contributed by atoms with van der Waals surface area (Å²) in [7, 11) is 0. The summed E-state index contributed by atoms with van der Waals surface area (Å²) in [5.74, 6) is -0.170. The maximum atomic E-state index is 14.1. The van der Waals surface area contributed by atoms with E-state index >= 15 is 0 Å². The van der Waals surface area contributed by atoms with Crippen LogP contribution in [0.5, 0.6) is 0 Å². The molecule has 0 aliphatic carbocycles. The number of hydrogen-bond acceptors (Lipinski definition) is 6. The van der Waals surface area contributed by atoms with E-state index in [-0.39, 0.29) is 28.7 Å². The minimum absolute atomic E-state index is 0.0399. The number of rotatable bonds is 4. The zero-order valence-corrected chi connectivity index (χ0v) is 18.4. The molecule has 0 fully saturated rings. The molecule has 0 bridgehead atoms. The molecule has 34 heavy (non-hydrogen) atoms. The lowest BCUT2D eigenvalue weighted by molar-refractivity contribution is -0.134. The van der Waals surface area contributed by atoms with E-state index in [0.29, 0.717) is 22.6 Å². The Kier molecular flexibility index (Phi) is 5.21. The average Bonchev–Trinajstić information content (AvgIpc) is 3.36. The van der Waals surface area contributed by atoms with Crippen LogP contribution in [-0.4, -0.2) is 41.8 Å². The number of nitrogens with zero attached hydrogens (tertiary/aromatic N) is 5. The molecule has 1 aromatic carbocycles. The number of hydrogen-bond donors (Lipinski definition) is 2. The molecule has 5 rings (SSSR count). The molecule has 0 saturated heterocycles. The van der Waals surface area contributed by atoms with E-state index in [2.05, 4.69) is 25.3 Å². The van der Waals surface area contributed by atoms with Crippen molar-refractivity contribution in [2.24, 2.45) is 0 Å². The van der Waals surface area contributed by atoms with Crippen LogP contribution in [0, 0.1) is 5.82 Å². The first-order chi connectivity index (χ1) is 16.1. The summed E-state index contributed by atoms with van der Waals surface area (Å²) in [5.41, 5.74) is 0.647. The summed E-state index contributed by atoms with van der Waals surface area (Å²) in [6, 6.07) is 4.27. The Morgan fingerprint density at radius 2 is 2.03 bits per heavy atom. The number of benzene rings is 1. The summed E-state index contributed by atoms with van der Waals surface area (Å²) in [4.78, 5) is 17.3. The van der Waals surface area contributed by atoms with Gasteiger partial charge in [0.2, 0.25) is 0 Å². The van der Waals surface area contributed by atoms with Gasteiger partial charge >= 0.3 is 6.18 Å². The number of halogens is 5. The van der Waals surface area contributed by atoms with Crippen molar-refractivity contribution in [2.75, 3.05) is 5.32 Å². The zero-order chi connectivity index (χ0) is 24.3. The van der Waals surface area contributed by atoms with Gasteiger partial charge in [0, 0.05) is 43.2 Å². The molecule has 1 aliphatic heterocycles. The standard InChI is InChI=1S/C22H17ClF4N6O/c1-21(11-2-3-13(23)14(24)8-11)12-9-29-18(31-17(12)32-20(21)34)16-10-33-7-6-28-19(33)15(30-16)4-5-22(25,26)27/h2-3,6-10,20,34H,4-5H2,1H3,(H,29,31,32). The number of imidazole rings is 1. The minimum Gasteiger partial charge on any atom is -0.372 e. The van der Waals surface area contributed by atoms with Gasteiger partial charge in [-0.05, 0) is 24.6 Å². The topological polar surface area (TPSA) is 88.2 Å². The van der Waals surface area contributed by atoms with Gasteiger partial charge in [-0.1, -0.05) is 17.7 Å². The molecule has 1 aliphatic rings. The number of aryl methyl sites for hydroxylation is 1. The highest BCUT2D eigenvalue weighted by Crippen LogP contribution is 2.44. The van der Waals surface area contributed by atoms with Crippen LogP contribution in [-0.2, 0) is 11.8 Å². The quantitative estimate of drug-likeness (QED) is 0.407. The molecule has 0 saturated carbocycles. The lowest BCUT2D eigenvalue weighted by Gasteiger charge is -2.28. The molecule has 4 aromatic rings. The van der Waals surface area contributed by atoms with Crippen LogP contribution >= 0.6 is 11.6 Å². The smallest absolute Gasteiger partial charge is 0.372 e. The van der Waals surface area contributed by atoms with Crippen LogP contribution in [0.3, 0.4) is 0 Å². The monoisotopic (exact) mass is 492 g/mol. The highest BCUT2D eigenvalue weighted by atomic mass is 35.5. The van der Waals surface area contributed by atoms with E-state index in [0.717, 1.165) is 0 Å². The lowest BCUT2D eigenvalue weighted by Crippen LogP contribution is -2.37. The van der Waals surface area contributed by atoms with E-state index in [9.17, 15) is 22.7 Å². The summed E-state index contributed by atoms with van der Waals surface area (Å²) in [6.07, 6.45) is -0.741. The second-order valence-corrected chi connectivity index (χ2v) is 8.59. The minimum atomic E-state index is -4.34. The summed E-state index contributed by atoms with van der Waals surface area (Å²) >= 11 is 5.80. The number of aliphatic hydroxyl groups is 1. The van der Waals surface area contributed by atoms with Crippen LogP contribution in [0.1, 0.15) is 30.2 Å². The first-order valence-electron chi connectivity index (χ1n) is 10.2. The fourth-order valence-electron chi connectivity index (χ4n) is 4.08. The average molecular weight is 493 g/mol. The van der Waals surface area contributed by atoms with Gasteiger partial charge in [0.25, 0.3) is 0 Å². The van der Waals surface area contributed by atoms with Crippen molar-refractivity contribution in [3.05, 3.63) is 70.6 Å². The molecule has 12 heteroatoms. The third-order valence-corrected chi connectivity index (χ3v) is 6.31. The van der Waals surface area contributed by atoms with Crippen molar-refractivity contribution < 1.29 is 22.7 Å². The Morgan fingerprint density at radius 3 is 2.76 bits per heavy atom. The van der Waals surface area contributed by atoms with Crippen molar-refractivity contribution in [2.45, 2.75) is 37.6 Å². The number of nitrogens with one attached hydrogen (secondary N) is 1. The Hall–Kier alpha value is -3.31. The SMILES string of the molecule is CC1(c2ccc(Cl)c(F)c2)c2cnc(-c3cn4ccnc4c(CCC(F)(F)F)n3)nc2NC1O. The molecule has 2 unspecified atom stereocenters. The van der Waals surface area contributed by atoms with Crippen LogP contribution in [0.2, 0.25) is 5.02 Å². The van der Waals surface area contributed by atoms with Gasteiger partial charge in [-0.2, -0.15) is 13.2 Å². The third-order valence-electron chi connectivity index (χ3n) is 6.01. The van der Waals surface area contributed by atoms with E-state index in [1.807, 2.05) is 0 Å². The molecule has 3 aromatic heterocycles. The molecule has 4 heterocycles. The molecule has 176 valence electrons. The van der Waals surface area contributed by atoms with Crippen LogP contribution < -0.4 is 5.32 Å². The van der Waals surface area contributed by atoms with Gasteiger partial charge in [0.05, 0.1) is 16.1 Å². The number of aromatic nitrogens is 5. The number of aliphatic hydroxyl groups excluding tert-OH is 1. The van der Waals surface area contributed by atoms with Crippen molar-refractivity contribution in [1.29, 1.82) is 0 Å². The Bertz CT molecular complexity index is 1410. The molecule has 0 radical (unpaired) electrons. The maximum absolute atomic E-state index is 14.1. The molecular formula is C22H17ClF4N6O. The zero-order valence-electron chi connectivity index (χ0n) is 17.6. The summed E-state index contributed by atoms with van der Waals surface area (Å²) < 4.78 is 54.1. The summed E-state index contributed by atoms with van der Waals surface area (Å²) in [6.45, 7) is 1.72. The van der Waals surface area contributed by atoms with E-state index < -0.39 is 30.1 Å². The predicted molar refractivity (Wildman–Crippen MR) is 116 cm³/mol. The largest absolute Gasteiger partial charge is 0.389 e. The van der Waals surface area contributed by atoms with Crippen molar-refractivity contribution >= 4 is 23.1 Å². The van der Waals surface area contributed by atoms with Crippen LogP contribution in [0.25, 0.3) is 17.2 Å². The number of fused-ring (bicyclic) bond motifs is 2. The van der Waals surface area contributed by atoms with Gasteiger partial charge in [0.15, 0.2) is 11.5 Å². The Balaban J connectivity index is 1.56. The maximum Gasteiger partial charge on any atom is 0.389 e. The first-order valence-corrected chi connectivity index (χ1v) is 10.6. The lowest BCUT2D eigenvalue weighted by atomic mass is 9.77. The summed E-state index contributed by atoms with van der Waals surface area (Å²) in [5, 5.41) is 13.6. The Morgan fingerprint density at radius 1 is 1.24 bits per heavy atom. The second kappa shape index (κ2) is 7.88. The van der Waals surface area contributed by atoms with Gasteiger partial charge in [-0.25, -0.2) is 24.3 Å². The third kappa shape index (κ3) is 3.74. The first kappa shape index (κ1) is 22.5. The van der Waals surface area contributed by atoms with E-state index in [4.69, 9.17) is 11.6 Å². The predicted octanol–water partition coefficient (Wildman–Crippen LogP) is 4.52.